The average Bonchev–Trinajstić information content (AvgIpc) is 3.35. The Kier molecular flexibility index (Phi) is 5.39. The summed E-state index contributed by atoms with van der Waals surface area (Å²) in [5.41, 5.74) is 2.21. The van der Waals surface area contributed by atoms with E-state index >= 15 is 0 Å². The van der Waals surface area contributed by atoms with Crippen LogP contribution in [0.4, 0.5) is 0 Å². The van der Waals surface area contributed by atoms with Crippen LogP contribution in [0.25, 0.3) is 5.69 Å². The number of piperazine rings is 1. The summed E-state index contributed by atoms with van der Waals surface area (Å²) in [4.78, 5) is 2.53. The fourth-order valence-electron chi connectivity index (χ4n) is 3.90. The van der Waals surface area contributed by atoms with Crippen LogP contribution < -0.4 is 9.47 Å². The lowest BCUT2D eigenvalue weighted by Gasteiger charge is -2.34. The molecule has 0 atom stereocenters. The van der Waals surface area contributed by atoms with Gasteiger partial charge in [-0.3, -0.25) is 4.90 Å². The summed E-state index contributed by atoms with van der Waals surface area (Å²) in [6.07, 6.45) is 3.67. The van der Waals surface area contributed by atoms with Gasteiger partial charge < -0.3 is 9.47 Å². The quantitative estimate of drug-likeness (QED) is 0.605. The lowest BCUT2D eigenvalue weighted by atomic mass is 10.2. The van der Waals surface area contributed by atoms with E-state index in [-0.39, 0.29) is 4.90 Å². The molecule has 0 amide bonds. The Bertz CT molecular complexity index is 1140. The minimum Gasteiger partial charge on any atom is -0.486 e. The second-order valence-electron chi connectivity index (χ2n) is 7.60. The molecule has 31 heavy (non-hydrogen) atoms. The monoisotopic (exact) mass is 440 g/mol. The lowest BCUT2D eigenvalue weighted by molar-refractivity contribution is 0.170. The molecule has 0 aliphatic carbocycles. The molecule has 5 rings (SSSR count). The van der Waals surface area contributed by atoms with Crippen molar-refractivity contribution in [3.63, 3.8) is 0 Å². The van der Waals surface area contributed by atoms with Crippen LogP contribution in [0.15, 0.2) is 65.8 Å². The normalized spacial score (nSPS) is 17.5. The molecule has 9 heteroatoms. The van der Waals surface area contributed by atoms with Gasteiger partial charge in [0, 0.05) is 51.2 Å². The smallest absolute Gasteiger partial charge is 0.243 e. The first kappa shape index (κ1) is 20.0. The zero-order valence-corrected chi connectivity index (χ0v) is 17.9. The minimum atomic E-state index is -3.56. The van der Waals surface area contributed by atoms with E-state index in [9.17, 15) is 8.42 Å². The fourth-order valence-corrected chi connectivity index (χ4v) is 5.33. The van der Waals surface area contributed by atoms with E-state index in [4.69, 9.17) is 9.47 Å². The number of hydrogen-bond acceptors (Lipinski definition) is 6. The van der Waals surface area contributed by atoms with Crippen LogP contribution in [-0.4, -0.2) is 66.8 Å². The molecule has 0 spiro atoms. The van der Waals surface area contributed by atoms with Gasteiger partial charge in [0.1, 0.15) is 13.2 Å². The van der Waals surface area contributed by atoms with E-state index in [1.54, 1.807) is 28.7 Å². The molecule has 0 bridgehead atoms. The van der Waals surface area contributed by atoms with Crippen molar-refractivity contribution in [3.8, 4) is 17.2 Å². The second kappa shape index (κ2) is 8.33. The Hall–Kier alpha value is -2.88. The predicted octanol–water partition coefficient (Wildman–Crippen LogP) is 2.15. The van der Waals surface area contributed by atoms with Crippen molar-refractivity contribution in [1.29, 1.82) is 0 Å². The third-order valence-electron chi connectivity index (χ3n) is 5.59. The van der Waals surface area contributed by atoms with E-state index < -0.39 is 10.0 Å². The summed E-state index contributed by atoms with van der Waals surface area (Å²) in [6, 6.07) is 15.0. The number of sulfonamides is 1. The van der Waals surface area contributed by atoms with Crippen molar-refractivity contribution in [2.75, 3.05) is 39.4 Å². The Labute approximate surface area is 181 Å². The highest BCUT2D eigenvalue weighted by atomic mass is 32.2. The van der Waals surface area contributed by atoms with E-state index in [1.165, 1.54) is 5.56 Å². The van der Waals surface area contributed by atoms with Crippen LogP contribution in [0.3, 0.4) is 0 Å². The highest BCUT2D eigenvalue weighted by Crippen LogP contribution is 2.33. The molecule has 3 aromatic rings. The van der Waals surface area contributed by atoms with Gasteiger partial charge in [-0.2, -0.15) is 9.40 Å². The van der Waals surface area contributed by atoms with Crippen LogP contribution in [0, 0.1) is 0 Å². The number of fused-ring (bicyclic) bond motifs is 1. The van der Waals surface area contributed by atoms with Gasteiger partial charge in [-0.1, -0.05) is 12.1 Å². The van der Waals surface area contributed by atoms with Gasteiger partial charge in [-0.05, 0) is 35.9 Å². The highest BCUT2D eigenvalue weighted by Gasteiger charge is 2.29. The molecule has 2 aliphatic heterocycles. The largest absolute Gasteiger partial charge is 0.486 e. The minimum absolute atomic E-state index is 0.249. The molecule has 3 heterocycles. The van der Waals surface area contributed by atoms with Crippen LogP contribution in [0.5, 0.6) is 11.5 Å². The van der Waals surface area contributed by atoms with E-state index in [2.05, 4.69) is 22.1 Å². The molecule has 2 aromatic carbocycles. The Morgan fingerprint density at radius 2 is 1.65 bits per heavy atom. The zero-order valence-electron chi connectivity index (χ0n) is 17.1. The number of rotatable bonds is 5. The molecule has 0 unspecified atom stereocenters. The number of hydrogen-bond donors (Lipinski definition) is 0. The van der Waals surface area contributed by atoms with Gasteiger partial charge in [0.25, 0.3) is 0 Å². The van der Waals surface area contributed by atoms with Gasteiger partial charge in [-0.15, -0.1) is 0 Å². The van der Waals surface area contributed by atoms with Crippen molar-refractivity contribution in [1.82, 2.24) is 19.0 Å². The van der Waals surface area contributed by atoms with Crippen molar-refractivity contribution in [3.05, 3.63) is 66.5 Å². The maximum atomic E-state index is 13.1. The molecular weight excluding hydrogens is 416 g/mol. The lowest BCUT2D eigenvalue weighted by Crippen LogP contribution is -2.48. The molecule has 8 nitrogen and oxygen atoms in total. The Morgan fingerprint density at radius 3 is 2.35 bits per heavy atom. The highest BCUT2D eigenvalue weighted by molar-refractivity contribution is 7.89. The van der Waals surface area contributed by atoms with E-state index in [1.807, 2.05) is 29.1 Å². The van der Waals surface area contributed by atoms with Gasteiger partial charge in [-0.25, -0.2) is 13.1 Å². The third kappa shape index (κ3) is 4.16. The standard InChI is InChI=1S/C22H24N4O4S/c27-31(28,20-6-7-21-22(16-20)30-15-14-29-21)25-12-10-24(11-13-25)17-18-2-4-19(5-3-18)26-9-1-8-23-26/h1-9,16H,10-15,17H2. The van der Waals surface area contributed by atoms with Crippen LogP contribution in [-0.2, 0) is 16.6 Å². The zero-order chi connectivity index (χ0) is 21.3. The third-order valence-corrected chi connectivity index (χ3v) is 7.49. The molecule has 162 valence electrons. The maximum Gasteiger partial charge on any atom is 0.243 e. The molecule has 0 saturated carbocycles. The molecule has 2 aliphatic rings. The van der Waals surface area contributed by atoms with Gasteiger partial charge in [0.2, 0.25) is 10.0 Å². The van der Waals surface area contributed by atoms with Gasteiger partial charge in [0.05, 0.1) is 10.6 Å². The summed E-state index contributed by atoms with van der Waals surface area (Å²) >= 11 is 0. The first-order chi connectivity index (χ1) is 15.1. The van der Waals surface area contributed by atoms with Gasteiger partial charge in [0.15, 0.2) is 11.5 Å². The number of benzene rings is 2. The number of nitrogens with zero attached hydrogens (tertiary/aromatic N) is 4. The maximum absolute atomic E-state index is 13.1. The van der Waals surface area contributed by atoms with Crippen LogP contribution >= 0.6 is 0 Å². The summed E-state index contributed by atoms with van der Waals surface area (Å²) in [7, 11) is -3.56. The molecule has 1 fully saturated rings. The second-order valence-corrected chi connectivity index (χ2v) is 9.54. The molecule has 0 N–H and O–H groups in total. The van der Waals surface area contributed by atoms with Crippen LogP contribution in [0.2, 0.25) is 0 Å². The number of ether oxygens (including phenoxy) is 2. The first-order valence-corrected chi connectivity index (χ1v) is 11.7. The van der Waals surface area contributed by atoms with E-state index in [0.29, 0.717) is 50.9 Å². The molecule has 0 radical (unpaired) electrons. The number of aromatic nitrogens is 2. The summed E-state index contributed by atoms with van der Waals surface area (Å²) in [5, 5.41) is 4.24. The summed E-state index contributed by atoms with van der Waals surface area (Å²) < 4.78 is 40.6. The average molecular weight is 441 g/mol. The molecular formula is C22H24N4O4S. The van der Waals surface area contributed by atoms with Crippen molar-refractivity contribution in [2.24, 2.45) is 0 Å². The SMILES string of the molecule is O=S(=O)(c1ccc2c(c1)OCCO2)N1CCN(Cc2ccc(-n3cccn3)cc2)CC1. The van der Waals surface area contributed by atoms with Crippen molar-refractivity contribution >= 4 is 10.0 Å². The summed E-state index contributed by atoms with van der Waals surface area (Å²) in [5.74, 6) is 1.08. The first-order valence-electron chi connectivity index (χ1n) is 10.3. The molecule has 1 saturated heterocycles. The molecule has 1 aromatic heterocycles. The van der Waals surface area contributed by atoms with E-state index in [0.717, 1.165) is 12.2 Å². The Morgan fingerprint density at radius 1 is 0.903 bits per heavy atom. The van der Waals surface area contributed by atoms with Crippen LogP contribution in [0.1, 0.15) is 5.56 Å². The fraction of sp³-hybridized carbons (Fsp3) is 0.318. The topological polar surface area (TPSA) is 76.9 Å². The van der Waals surface area contributed by atoms with Crippen molar-refractivity contribution < 1.29 is 17.9 Å². The Balaban J connectivity index is 1.21. The van der Waals surface area contributed by atoms with Gasteiger partial charge >= 0.3 is 0 Å². The predicted molar refractivity (Wildman–Crippen MR) is 115 cm³/mol. The summed E-state index contributed by atoms with van der Waals surface area (Å²) in [6.45, 7) is 3.99. The van der Waals surface area contributed by atoms with Crippen molar-refractivity contribution in [2.45, 2.75) is 11.4 Å².